The molecule has 162 valence electrons. The Hall–Kier alpha value is -2.88. The second-order valence-electron chi connectivity index (χ2n) is 6.63. The van der Waals surface area contributed by atoms with Crippen LogP contribution < -0.4 is 9.47 Å². The molecule has 2 aromatic carbocycles. The van der Waals surface area contributed by atoms with Crippen LogP contribution in [-0.2, 0) is 11.3 Å². The number of aliphatic hydroxyl groups is 1. The third-order valence-electron chi connectivity index (χ3n) is 4.63. The van der Waals surface area contributed by atoms with E-state index in [1.54, 1.807) is 6.92 Å². The lowest BCUT2D eigenvalue weighted by atomic mass is 10.0. The number of nitrogens with zero attached hydrogens (tertiary/aromatic N) is 1. The van der Waals surface area contributed by atoms with Crippen LogP contribution in [0.15, 0.2) is 36.4 Å². The Balaban J connectivity index is 1.90. The van der Waals surface area contributed by atoms with Crippen molar-refractivity contribution in [1.82, 2.24) is 4.90 Å². The number of carbonyl (C=O) groups is 1. The van der Waals surface area contributed by atoms with Gasteiger partial charge in [0.1, 0.15) is 17.6 Å². The molecular formula is C20H18F5NO4. The highest BCUT2D eigenvalue weighted by molar-refractivity contribution is 5.83. The van der Waals surface area contributed by atoms with E-state index in [1.807, 2.05) is 0 Å². The summed E-state index contributed by atoms with van der Waals surface area (Å²) in [7, 11) is 0. The molecule has 1 saturated heterocycles. The first kappa shape index (κ1) is 21.8. The van der Waals surface area contributed by atoms with Gasteiger partial charge >= 0.3 is 6.36 Å². The van der Waals surface area contributed by atoms with Gasteiger partial charge in [-0.2, -0.15) is 0 Å². The fourth-order valence-electron chi connectivity index (χ4n) is 3.38. The normalized spacial score (nSPS) is 19.3. The van der Waals surface area contributed by atoms with Gasteiger partial charge in [-0.15, -0.1) is 13.2 Å². The summed E-state index contributed by atoms with van der Waals surface area (Å²) < 4.78 is 74.5. The van der Waals surface area contributed by atoms with E-state index >= 15 is 0 Å². The van der Waals surface area contributed by atoms with Crippen LogP contribution in [0.3, 0.4) is 0 Å². The molecule has 2 unspecified atom stereocenters. The maximum Gasteiger partial charge on any atom is 0.573 e. The van der Waals surface area contributed by atoms with Crippen LogP contribution >= 0.6 is 0 Å². The van der Waals surface area contributed by atoms with Crippen molar-refractivity contribution in [3.05, 3.63) is 59.2 Å². The lowest BCUT2D eigenvalue weighted by molar-refractivity contribution is -0.274. The minimum Gasteiger partial charge on any atom is -0.493 e. The predicted octanol–water partition coefficient (Wildman–Crippen LogP) is 4.10. The number of amides is 1. The van der Waals surface area contributed by atoms with E-state index in [9.17, 15) is 31.9 Å². The SMILES string of the molecule is CCOc1ccc(F)c(F)c1C1CC(O)C(=O)N1Cc1ccc(OC(F)(F)F)cc1. The molecule has 1 aliphatic heterocycles. The second-order valence-corrected chi connectivity index (χ2v) is 6.63. The minimum atomic E-state index is -4.84. The Labute approximate surface area is 168 Å². The zero-order valence-corrected chi connectivity index (χ0v) is 15.7. The van der Waals surface area contributed by atoms with E-state index in [1.165, 1.54) is 18.2 Å². The molecule has 1 aliphatic rings. The summed E-state index contributed by atoms with van der Waals surface area (Å²) in [5.74, 6) is -3.42. The van der Waals surface area contributed by atoms with Crippen LogP contribution in [0.4, 0.5) is 22.0 Å². The van der Waals surface area contributed by atoms with Crippen molar-refractivity contribution in [2.24, 2.45) is 0 Å². The highest BCUT2D eigenvalue weighted by Crippen LogP contribution is 2.41. The number of benzene rings is 2. The van der Waals surface area contributed by atoms with Crippen molar-refractivity contribution < 1.29 is 41.3 Å². The van der Waals surface area contributed by atoms with Crippen LogP contribution in [0, 0.1) is 11.6 Å². The Morgan fingerprint density at radius 1 is 1.13 bits per heavy atom. The first-order valence-electron chi connectivity index (χ1n) is 9.04. The van der Waals surface area contributed by atoms with Gasteiger partial charge < -0.3 is 19.5 Å². The molecule has 1 N–H and O–H groups in total. The molecule has 0 aliphatic carbocycles. The van der Waals surface area contributed by atoms with E-state index < -0.39 is 41.8 Å². The van der Waals surface area contributed by atoms with Gasteiger partial charge in [0.2, 0.25) is 0 Å². The molecule has 0 spiro atoms. The van der Waals surface area contributed by atoms with Crippen molar-refractivity contribution >= 4 is 5.91 Å². The number of carbonyl (C=O) groups excluding carboxylic acids is 1. The highest BCUT2D eigenvalue weighted by Gasteiger charge is 2.42. The van der Waals surface area contributed by atoms with Gasteiger partial charge in [0.15, 0.2) is 11.6 Å². The number of ether oxygens (including phenoxy) is 2. The van der Waals surface area contributed by atoms with Crippen molar-refractivity contribution in [2.45, 2.75) is 38.4 Å². The summed E-state index contributed by atoms with van der Waals surface area (Å²) in [6, 6.07) is 5.89. The molecule has 0 aromatic heterocycles. The number of rotatable bonds is 6. The Morgan fingerprint density at radius 2 is 1.80 bits per heavy atom. The molecule has 0 radical (unpaired) electrons. The molecule has 2 atom stereocenters. The van der Waals surface area contributed by atoms with Gasteiger partial charge in [-0.25, -0.2) is 8.78 Å². The molecule has 5 nitrogen and oxygen atoms in total. The monoisotopic (exact) mass is 431 g/mol. The number of alkyl halides is 3. The summed E-state index contributed by atoms with van der Waals surface area (Å²) in [4.78, 5) is 13.6. The zero-order valence-electron chi connectivity index (χ0n) is 15.7. The number of hydrogen-bond donors (Lipinski definition) is 1. The molecule has 30 heavy (non-hydrogen) atoms. The third-order valence-corrected chi connectivity index (χ3v) is 4.63. The topological polar surface area (TPSA) is 59.0 Å². The molecule has 2 aromatic rings. The molecule has 3 rings (SSSR count). The van der Waals surface area contributed by atoms with Gasteiger partial charge in [0.25, 0.3) is 5.91 Å². The zero-order chi connectivity index (χ0) is 22.1. The van der Waals surface area contributed by atoms with Gasteiger partial charge in [-0.1, -0.05) is 12.1 Å². The molecular weight excluding hydrogens is 413 g/mol. The van der Waals surface area contributed by atoms with Crippen molar-refractivity contribution in [3.63, 3.8) is 0 Å². The second kappa shape index (κ2) is 8.47. The van der Waals surface area contributed by atoms with Crippen molar-refractivity contribution in [3.8, 4) is 11.5 Å². The standard InChI is InChI=1S/C20H18F5NO4/c1-2-29-16-8-7-13(21)18(22)17(16)14-9-15(27)19(28)26(14)10-11-3-5-12(6-4-11)30-20(23,24)25/h3-8,14-15,27H,2,9-10H2,1H3. The maximum absolute atomic E-state index is 14.6. The summed E-state index contributed by atoms with van der Waals surface area (Å²) in [5, 5.41) is 10.0. The van der Waals surface area contributed by atoms with Gasteiger partial charge in [-0.3, -0.25) is 4.79 Å². The first-order chi connectivity index (χ1) is 14.1. The molecule has 1 fully saturated rings. The molecule has 10 heteroatoms. The first-order valence-corrected chi connectivity index (χ1v) is 9.04. The lowest BCUT2D eigenvalue weighted by Gasteiger charge is -2.27. The van der Waals surface area contributed by atoms with Gasteiger partial charge in [0, 0.05) is 13.0 Å². The summed E-state index contributed by atoms with van der Waals surface area (Å²) >= 11 is 0. The van der Waals surface area contributed by atoms with Crippen LogP contribution in [0.25, 0.3) is 0 Å². The molecule has 0 bridgehead atoms. The van der Waals surface area contributed by atoms with Crippen LogP contribution in [0.2, 0.25) is 0 Å². The number of hydrogen-bond acceptors (Lipinski definition) is 4. The quantitative estimate of drug-likeness (QED) is 0.700. The molecule has 0 saturated carbocycles. The van der Waals surface area contributed by atoms with Crippen molar-refractivity contribution in [1.29, 1.82) is 0 Å². The fraction of sp³-hybridized carbons (Fsp3) is 0.350. The number of aliphatic hydroxyl groups excluding tert-OH is 1. The summed E-state index contributed by atoms with van der Waals surface area (Å²) in [5.41, 5.74) is 0.213. The minimum absolute atomic E-state index is 0.0437. The summed E-state index contributed by atoms with van der Waals surface area (Å²) in [6.45, 7) is 1.68. The Kier molecular flexibility index (Phi) is 6.16. The molecule has 1 amide bonds. The highest BCUT2D eigenvalue weighted by atomic mass is 19.4. The predicted molar refractivity (Wildman–Crippen MR) is 94.6 cm³/mol. The number of halogens is 5. The maximum atomic E-state index is 14.6. The number of likely N-dealkylation sites (tertiary alicyclic amines) is 1. The van der Waals surface area contributed by atoms with E-state index in [4.69, 9.17) is 4.74 Å². The largest absolute Gasteiger partial charge is 0.573 e. The lowest BCUT2D eigenvalue weighted by Crippen LogP contribution is -2.31. The van der Waals surface area contributed by atoms with Crippen molar-refractivity contribution in [2.75, 3.05) is 6.61 Å². The van der Waals surface area contributed by atoms with E-state index in [0.29, 0.717) is 5.56 Å². The van der Waals surface area contributed by atoms with Gasteiger partial charge in [0.05, 0.1) is 18.2 Å². The van der Waals surface area contributed by atoms with Crippen LogP contribution in [0.5, 0.6) is 11.5 Å². The fourth-order valence-corrected chi connectivity index (χ4v) is 3.38. The average molecular weight is 431 g/mol. The summed E-state index contributed by atoms with van der Waals surface area (Å²) in [6.07, 6.45) is -6.46. The Bertz CT molecular complexity index is 917. The Morgan fingerprint density at radius 3 is 2.40 bits per heavy atom. The molecule has 1 heterocycles. The van der Waals surface area contributed by atoms with Crippen LogP contribution in [0.1, 0.15) is 30.5 Å². The van der Waals surface area contributed by atoms with Crippen LogP contribution in [-0.4, -0.2) is 35.0 Å². The third kappa shape index (κ3) is 4.64. The van der Waals surface area contributed by atoms with E-state index in [2.05, 4.69) is 4.74 Å². The van der Waals surface area contributed by atoms with E-state index in [-0.39, 0.29) is 30.9 Å². The average Bonchev–Trinajstić information content (AvgIpc) is 2.93. The smallest absolute Gasteiger partial charge is 0.493 e. The van der Waals surface area contributed by atoms with E-state index in [0.717, 1.165) is 23.1 Å². The van der Waals surface area contributed by atoms with Gasteiger partial charge in [-0.05, 0) is 36.8 Å².